The minimum atomic E-state index is -4.74. The number of nitrogens with one attached hydrogen (secondary N) is 1. The first-order valence-electron chi connectivity index (χ1n) is 8.99. The number of nitrogens with zero attached hydrogens (tertiary/aromatic N) is 3. The molecule has 0 radical (unpaired) electrons. The van der Waals surface area contributed by atoms with E-state index in [1.807, 2.05) is 0 Å². The quantitative estimate of drug-likeness (QED) is 0.262. The van der Waals surface area contributed by atoms with Crippen molar-refractivity contribution in [3.63, 3.8) is 0 Å². The highest BCUT2D eigenvalue weighted by atomic mass is 35.5. The molecule has 164 valence electrons. The van der Waals surface area contributed by atoms with Crippen LogP contribution >= 0.6 is 23.2 Å². The minimum absolute atomic E-state index is 0.0956. The van der Waals surface area contributed by atoms with Gasteiger partial charge in [-0.3, -0.25) is 14.4 Å². The van der Waals surface area contributed by atoms with Crippen molar-refractivity contribution in [1.82, 2.24) is 9.78 Å². The number of aromatic amines is 1. The van der Waals surface area contributed by atoms with Crippen molar-refractivity contribution >= 4 is 55.5 Å². The summed E-state index contributed by atoms with van der Waals surface area (Å²) in [6, 6.07) is 12.2. The van der Waals surface area contributed by atoms with Crippen LogP contribution in [0.1, 0.15) is 5.69 Å². The molecule has 9 nitrogen and oxygen atoms in total. The van der Waals surface area contributed by atoms with E-state index < -0.39 is 26.3 Å². The fraction of sp³-hybridized carbons (Fsp3) is 0.0500. The molecule has 0 unspecified atom stereocenters. The smallest absolute Gasteiger partial charge is 0.299 e. The van der Waals surface area contributed by atoms with E-state index in [1.54, 1.807) is 37.3 Å². The fourth-order valence-electron chi connectivity index (χ4n) is 3.17. The van der Waals surface area contributed by atoms with Gasteiger partial charge in [0.25, 0.3) is 15.7 Å². The Bertz CT molecular complexity index is 1580. The molecule has 4 aromatic rings. The Kier molecular flexibility index (Phi) is 5.55. The normalized spacial score (nSPS) is 12.1. The third-order valence-corrected chi connectivity index (χ3v) is 6.10. The van der Waals surface area contributed by atoms with Gasteiger partial charge in [0, 0.05) is 10.4 Å². The van der Waals surface area contributed by atoms with E-state index in [2.05, 4.69) is 15.3 Å². The summed E-state index contributed by atoms with van der Waals surface area (Å²) >= 11 is 12.2. The number of aromatic nitrogens is 2. The van der Waals surface area contributed by atoms with Crippen LogP contribution in [0.15, 0.2) is 68.4 Å². The lowest BCUT2D eigenvalue weighted by Crippen LogP contribution is -2.14. The van der Waals surface area contributed by atoms with Crippen molar-refractivity contribution in [1.29, 1.82) is 0 Å². The van der Waals surface area contributed by atoms with Gasteiger partial charge in [0.15, 0.2) is 11.4 Å². The summed E-state index contributed by atoms with van der Waals surface area (Å²) in [5.41, 5.74) is -0.269. The maximum atomic E-state index is 12.9. The number of rotatable bonds is 4. The standard InChI is InChI=1S/C20H14Cl2N4O5S/c1-10-17(20(28)26(25-10)15-9-12(21)6-7-14(15)22)23-24-18-13-5-3-2-4-11(13)8-16(19(18)27)32(29,30)31/h2-9,25,27H,1H3,(H,29,30,31). The fourth-order valence-corrected chi connectivity index (χ4v) is 4.16. The molecule has 0 aliphatic rings. The van der Waals surface area contributed by atoms with Gasteiger partial charge in [0.2, 0.25) is 0 Å². The van der Waals surface area contributed by atoms with Crippen LogP contribution in [0.3, 0.4) is 0 Å². The van der Waals surface area contributed by atoms with Gasteiger partial charge in [-0.05, 0) is 36.6 Å². The zero-order chi connectivity index (χ0) is 23.2. The van der Waals surface area contributed by atoms with Gasteiger partial charge in [-0.15, -0.1) is 10.2 Å². The third kappa shape index (κ3) is 3.89. The average molecular weight is 493 g/mol. The van der Waals surface area contributed by atoms with Crippen LogP contribution in [0.5, 0.6) is 5.75 Å². The van der Waals surface area contributed by atoms with E-state index >= 15 is 0 Å². The molecule has 0 aliphatic heterocycles. The van der Waals surface area contributed by atoms with E-state index in [9.17, 15) is 22.9 Å². The first-order chi connectivity index (χ1) is 15.1. The van der Waals surface area contributed by atoms with Crippen molar-refractivity contribution in [3.8, 4) is 11.4 Å². The molecule has 32 heavy (non-hydrogen) atoms. The lowest BCUT2D eigenvalue weighted by Gasteiger charge is -2.08. The third-order valence-electron chi connectivity index (χ3n) is 4.68. The number of phenols is 1. The molecule has 0 saturated heterocycles. The summed E-state index contributed by atoms with van der Waals surface area (Å²) in [5.74, 6) is -0.790. The Morgan fingerprint density at radius 2 is 1.72 bits per heavy atom. The average Bonchev–Trinajstić information content (AvgIpc) is 3.01. The van der Waals surface area contributed by atoms with Gasteiger partial charge in [0.05, 0.1) is 16.4 Å². The zero-order valence-electron chi connectivity index (χ0n) is 16.2. The number of H-pyrrole nitrogens is 1. The molecule has 0 atom stereocenters. The molecule has 1 aromatic heterocycles. The summed E-state index contributed by atoms with van der Waals surface area (Å²) in [5, 5.41) is 22.6. The first kappa shape index (κ1) is 22.0. The van der Waals surface area contributed by atoms with Crippen LogP contribution in [-0.4, -0.2) is 27.9 Å². The van der Waals surface area contributed by atoms with Crippen LogP contribution in [-0.2, 0) is 10.1 Å². The van der Waals surface area contributed by atoms with Crippen LogP contribution in [0, 0.1) is 6.92 Å². The van der Waals surface area contributed by atoms with Crippen LogP contribution in [0.25, 0.3) is 16.5 Å². The number of aryl methyl sites for hydroxylation is 1. The SMILES string of the molecule is Cc1[nH]n(-c2cc(Cl)ccc2Cl)c(=O)c1N=Nc1c(O)c(S(=O)(=O)O)cc2ccccc12. The number of fused-ring (bicyclic) bond motifs is 1. The van der Waals surface area contributed by atoms with E-state index in [1.165, 1.54) is 12.1 Å². The molecule has 4 rings (SSSR count). The highest BCUT2D eigenvalue weighted by molar-refractivity contribution is 7.86. The van der Waals surface area contributed by atoms with Crippen LogP contribution < -0.4 is 5.56 Å². The van der Waals surface area contributed by atoms with Gasteiger partial charge in [0.1, 0.15) is 10.6 Å². The molecular formula is C20H14Cl2N4O5S. The molecule has 0 spiro atoms. The molecule has 3 N–H and O–H groups in total. The second-order valence-corrected chi connectivity index (χ2v) is 9.02. The number of hydrogen-bond acceptors (Lipinski definition) is 6. The number of halogens is 2. The second kappa shape index (κ2) is 8.06. The molecule has 1 heterocycles. The predicted octanol–water partition coefficient (Wildman–Crippen LogP) is 5.30. The monoisotopic (exact) mass is 492 g/mol. The van der Waals surface area contributed by atoms with Gasteiger partial charge in [-0.2, -0.15) is 8.42 Å². The van der Waals surface area contributed by atoms with Crippen LogP contribution in [0.4, 0.5) is 11.4 Å². The van der Waals surface area contributed by atoms with Gasteiger partial charge >= 0.3 is 0 Å². The lowest BCUT2D eigenvalue weighted by atomic mass is 10.1. The summed E-state index contributed by atoms with van der Waals surface area (Å²) in [4.78, 5) is 12.2. The maximum absolute atomic E-state index is 12.9. The Hall–Kier alpha value is -3.18. The highest BCUT2D eigenvalue weighted by Crippen LogP contribution is 2.41. The Labute approximate surface area is 191 Å². The molecule has 0 saturated carbocycles. The first-order valence-corrected chi connectivity index (χ1v) is 11.2. The van der Waals surface area contributed by atoms with Crippen molar-refractivity contribution in [3.05, 3.63) is 74.6 Å². The number of benzene rings is 3. The minimum Gasteiger partial charge on any atom is -0.504 e. The lowest BCUT2D eigenvalue weighted by molar-refractivity contribution is 0.445. The topological polar surface area (TPSA) is 137 Å². The largest absolute Gasteiger partial charge is 0.504 e. The van der Waals surface area contributed by atoms with Gasteiger partial charge in [-0.1, -0.05) is 47.5 Å². The van der Waals surface area contributed by atoms with E-state index in [4.69, 9.17) is 23.2 Å². The molecular weight excluding hydrogens is 479 g/mol. The summed E-state index contributed by atoms with van der Waals surface area (Å²) < 4.78 is 34.0. The Balaban J connectivity index is 1.90. The number of hydrogen-bond donors (Lipinski definition) is 3. The second-order valence-electron chi connectivity index (χ2n) is 6.79. The molecule has 12 heteroatoms. The van der Waals surface area contributed by atoms with E-state index in [-0.39, 0.29) is 16.4 Å². The summed E-state index contributed by atoms with van der Waals surface area (Å²) in [6.07, 6.45) is 0. The molecule has 0 bridgehead atoms. The van der Waals surface area contributed by atoms with E-state index in [0.717, 1.165) is 10.7 Å². The number of aromatic hydroxyl groups is 1. The maximum Gasteiger partial charge on any atom is 0.299 e. The molecule has 0 aliphatic carbocycles. The summed E-state index contributed by atoms with van der Waals surface area (Å²) in [6.45, 7) is 1.58. The van der Waals surface area contributed by atoms with Crippen molar-refractivity contribution in [2.45, 2.75) is 11.8 Å². The zero-order valence-corrected chi connectivity index (χ0v) is 18.6. The Morgan fingerprint density at radius 1 is 1.03 bits per heavy atom. The van der Waals surface area contributed by atoms with Gasteiger partial charge < -0.3 is 5.11 Å². The summed E-state index contributed by atoms with van der Waals surface area (Å²) in [7, 11) is -4.74. The predicted molar refractivity (Wildman–Crippen MR) is 121 cm³/mol. The van der Waals surface area contributed by atoms with E-state index in [0.29, 0.717) is 27.2 Å². The molecule has 0 fully saturated rings. The van der Waals surface area contributed by atoms with Crippen LogP contribution in [0.2, 0.25) is 10.0 Å². The van der Waals surface area contributed by atoms with Crippen molar-refractivity contribution in [2.24, 2.45) is 10.2 Å². The molecule has 3 aromatic carbocycles. The number of phenolic OH excluding ortho intramolecular Hbond substituents is 1. The molecule has 0 amide bonds. The Morgan fingerprint density at radius 3 is 2.44 bits per heavy atom. The van der Waals surface area contributed by atoms with Crippen molar-refractivity contribution < 1.29 is 18.1 Å². The van der Waals surface area contributed by atoms with Gasteiger partial charge in [-0.25, -0.2) is 4.68 Å². The number of azo groups is 1. The van der Waals surface area contributed by atoms with Crippen molar-refractivity contribution in [2.75, 3.05) is 0 Å². The highest BCUT2D eigenvalue weighted by Gasteiger charge is 2.22.